The van der Waals surface area contributed by atoms with Crippen molar-refractivity contribution < 1.29 is 32.3 Å². The monoisotopic (exact) mass is 620 g/mol. The van der Waals surface area contributed by atoms with Crippen LogP contribution in [0.1, 0.15) is 74.7 Å². The standard InChI is InChI=1S/C31H48N4O7S/c1-20-16-35(21(2)19-36)31(37)27-15-26(33-43(38,39)30-23(4)32-42-24(30)5)12-13-28(27)41-22(3)9-7-8-14-40-29(20)18-34(6)17-25-10-11-25/h12-13,15,20-22,25,29,33,36H,7-11,14,16-19H2,1-6H3/t20-,21-,22+,29+/m0/s1. The van der Waals surface area contributed by atoms with Crippen molar-refractivity contribution in [3.05, 3.63) is 35.2 Å². The summed E-state index contributed by atoms with van der Waals surface area (Å²) in [6, 6.07) is 4.23. The number of carbonyl (C=O) groups excluding carboxylic acids is 1. The molecule has 1 amide bonds. The van der Waals surface area contributed by atoms with Gasteiger partial charge in [0.15, 0.2) is 10.7 Å². The average molecular weight is 621 g/mol. The molecule has 1 fully saturated rings. The van der Waals surface area contributed by atoms with Crippen molar-refractivity contribution >= 4 is 21.6 Å². The van der Waals surface area contributed by atoms with Gasteiger partial charge in [-0.05, 0) is 91.0 Å². The van der Waals surface area contributed by atoms with E-state index in [-0.39, 0.29) is 58.2 Å². The Hall–Kier alpha value is -2.67. The predicted molar refractivity (Wildman–Crippen MR) is 164 cm³/mol. The largest absolute Gasteiger partial charge is 0.490 e. The van der Waals surface area contributed by atoms with Crippen LogP contribution in [0.15, 0.2) is 27.6 Å². The van der Waals surface area contributed by atoms with Gasteiger partial charge in [0, 0.05) is 37.8 Å². The number of rotatable bonds is 9. The molecule has 1 aliphatic carbocycles. The zero-order chi connectivity index (χ0) is 31.3. The lowest BCUT2D eigenvalue weighted by Crippen LogP contribution is -2.47. The normalized spacial score (nSPS) is 23.4. The van der Waals surface area contributed by atoms with Crippen LogP contribution >= 0.6 is 0 Å². The quantitative estimate of drug-likeness (QED) is 0.422. The van der Waals surface area contributed by atoms with E-state index in [2.05, 4.69) is 28.8 Å². The Morgan fingerprint density at radius 3 is 2.56 bits per heavy atom. The summed E-state index contributed by atoms with van der Waals surface area (Å²) in [6.45, 7) is 11.5. The van der Waals surface area contributed by atoms with Crippen LogP contribution in [0.5, 0.6) is 5.75 Å². The third kappa shape index (κ3) is 8.71. The number of nitrogens with zero attached hydrogens (tertiary/aromatic N) is 3. The second kappa shape index (κ2) is 14.4. The molecule has 2 aliphatic rings. The summed E-state index contributed by atoms with van der Waals surface area (Å²) >= 11 is 0. The number of benzene rings is 1. The molecule has 0 spiro atoms. The Kier molecular flexibility index (Phi) is 11.1. The fourth-order valence-corrected chi connectivity index (χ4v) is 7.02. The van der Waals surface area contributed by atoms with Crippen molar-refractivity contribution in [2.24, 2.45) is 11.8 Å². The van der Waals surface area contributed by atoms with Gasteiger partial charge in [-0.1, -0.05) is 12.1 Å². The molecule has 4 rings (SSSR count). The van der Waals surface area contributed by atoms with Gasteiger partial charge < -0.3 is 28.9 Å². The summed E-state index contributed by atoms with van der Waals surface area (Å²) in [4.78, 5) is 18.2. The molecule has 11 nitrogen and oxygen atoms in total. The number of carbonyl (C=O) groups is 1. The molecule has 1 aliphatic heterocycles. The molecular formula is C31H48N4O7S. The number of aliphatic hydroxyl groups excluding tert-OH is 1. The predicted octanol–water partition coefficient (Wildman–Crippen LogP) is 4.23. The minimum absolute atomic E-state index is 0.0212. The molecule has 0 unspecified atom stereocenters. The lowest BCUT2D eigenvalue weighted by atomic mass is 10.0. The zero-order valence-electron chi connectivity index (χ0n) is 26.3. The SMILES string of the molecule is Cc1noc(C)c1S(=O)(=O)Nc1ccc2c(c1)C(=O)N([C@@H](C)CO)C[C@H](C)[C@@H](CN(C)CC1CC1)OCCCC[C@@H](C)O2. The number of nitrogens with one attached hydrogen (secondary N) is 1. The van der Waals surface area contributed by atoms with Crippen LogP contribution in [0.2, 0.25) is 0 Å². The summed E-state index contributed by atoms with van der Waals surface area (Å²) in [5.74, 6) is 0.930. The number of aryl methyl sites for hydroxylation is 2. The van der Waals surface area contributed by atoms with Crippen LogP contribution in [0.25, 0.3) is 0 Å². The molecule has 1 saturated carbocycles. The average Bonchev–Trinajstić information content (AvgIpc) is 3.69. The number of fused-ring (bicyclic) bond motifs is 1. The van der Waals surface area contributed by atoms with Gasteiger partial charge in [-0.2, -0.15) is 0 Å². The first kappa shape index (κ1) is 33.2. The topological polar surface area (TPSA) is 134 Å². The summed E-state index contributed by atoms with van der Waals surface area (Å²) < 4.78 is 46.8. The van der Waals surface area contributed by atoms with Gasteiger partial charge in [0.05, 0.1) is 30.4 Å². The molecule has 1 aromatic carbocycles. The molecule has 12 heteroatoms. The van der Waals surface area contributed by atoms with Crippen molar-refractivity contribution in [3.63, 3.8) is 0 Å². The van der Waals surface area contributed by atoms with E-state index in [0.29, 0.717) is 18.9 Å². The molecule has 0 saturated heterocycles. The van der Waals surface area contributed by atoms with Gasteiger partial charge in [-0.15, -0.1) is 0 Å². The van der Waals surface area contributed by atoms with Crippen molar-refractivity contribution in [1.29, 1.82) is 0 Å². The van der Waals surface area contributed by atoms with E-state index in [1.165, 1.54) is 25.8 Å². The van der Waals surface area contributed by atoms with Gasteiger partial charge in [0.1, 0.15) is 11.4 Å². The van der Waals surface area contributed by atoms with E-state index >= 15 is 0 Å². The van der Waals surface area contributed by atoms with Gasteiger partial charge in [0.25, 0.3) is 15.9 Å². The van der Waals surface area contributed by atoms with Crippen LogP contribution in [0.4, 0.5) is 5.69 Å². The first-order chi connectivity index (χ1) is 20.4. The molecule has 4 atom stereocenters. The van der Waals surface area contributed by atoms with Crippen LogP contribution < -0.4 is 9.46 Å². The molecule has 240 valence electrons. The molecule has 0 radical (unpaired) electrons. The number of hydrogen-bond donors (Lipinski definition) is 2. The number of ether oxygens (including phenoxy) is 2. The maximum Gasteiger partial charge on any atom is 0.267 e. The smallest absolute Gasteiger partial charge is 0.267 e. The highest BCUT2D eigenvalue weighted by molar-refractivity contribution is 7.92. The fraction of sp³-hybridized carbons (Fsp3) is 0.677. The molecule has 2 N–H and O–H groups in total. The Labute approximate surface area is 255 Å². The highest BCUT2D eigenvalue weighted by Gasteiger charge is 2.32. The van der Waals surface area contributed by atoms with Crippen molar-refractivity contribution in [1.82, 2.24) is 15.0 Å². The maximum atomic E-state index is 14.3. The Bertz CT molecular complexity index is 1320. The van der Waals surface area contributed by atoms with E-state index in [0.717, 1.165) is 38.3 Å². The molecule has 0 bridgehead atoms. The Morgan fingerprint density at radius 2 is 1.91 bits per heavy atom. The van der Waals surface area contributed by atoms with Crippen LogP contribution in [0.3, 0.4) is 0 Å². The number of likely N-dealkylation sites (N-methyl/N-ethyl adjacent to an activating group) is 1. The lowest BCUT2D eigenvalue weighted by molar-refractivity contribution is -0.0172. The molecule has 2 aromatic rings. The number of anilines is 1. The zero-order valence-corrected chi connectivity index (χ0v) is 27.2. The summed E-state index contributed by atoms with van der Waals surface area (Å²) in [5, 5.41) is 13.9. The molecule has 1 aromatic heterocycles. The first-order valence-corrected chi connectivity index (χ1v) is 16.9. The number of aromatic nitrogens is 1. The third-order valence-corrected chi connectivity index (χ3v) is 9.92. The van der Waals surface area contributed by atoms with Gasteiger partial charge in [-0.25, -0.2) is 8.42 Å². The van der Waals surface area contributed by atoms with Gasteiger partial charge in [0.2, 0.25) is 0 Å². The highest BCUT2D eigenvalue weighted by atomic mass is 32.2. The van der Waals surface area contributed by atoms with Gasteiger partial charge in [-0.3, -0.25) is 9.52 Å². The molecule has 43 heavy (non-hydrogen) atoms. The van der Waals surface area contributed by atoms with Gasteiger partial charge >= 0.3 is 0 Å². The maximum absolute atomic E-state index is 14.3. The Morgan fingerprint density at radius 1 is 1.16 bits per heavy atom. The first-order valence-electron chi connectivity index (χ1n) is 15.4. The summed E-state index contributed by atoms with van der Waals surface area (Å²) in [7, 11) is -1.91. The van der Waals surface area contributed by atoms with Crippen LogP contribution in [-0.4, -0.2) is 92.5 Å². The minimum atomic E-state index is -4.03. The number of aliphatic hydroxyl groups is 1. The minimum Gasteiger partial charge on any atom is -0.490 e. The highest BCUT2D eigenvalue weighted by Crippen LogP contribution is 2.31. The number of sulfonamides is 1. The number of amides is 1. The van der Waals surface area contributed by atoms with E-state index < -0.39 is 16.1 Å². The third-order valence-electron chi connectivity index (χ3n) is 8.30. The van der Waals surface area contributed by atoms with E-state index in [4.69, 9.17) is 14.0 Å². The second-order valence-electron chi connectivity index (χ2n) is 12.4. The Balaban J connectivity index is 1.67. The second-order valence-corrected chi connectivity index (χ2v) is 14.1. The van der Waals surface area contributed by atoms with Crippen molar-refractivity contribution in [3.8, 4) is 5.75 Å². The van der Waals surface area contributed by atoms with E-state index in [9.17, 15) is 18.3 Å². The summed E-state index contributed by atoms with van der Waals surface area (Å²) in [6.07, 6.45) is 4.86. The molecule has 2 heterocycles. The van der Waals surface area contributed by atoms with Crippen molar-refractivity contribution in [2.75, 3.05) is 44.6 Å². The van der Waals surface area contributed by atoms with Crippen LogP contribution in [-0.2, 0) is 14.8 Å². The fourth-order valence-electron chi connectivity index (χ4n) is 5.64. The van der Waals surface area contributed by atoms with E-state index in [1.807, 2.05) is 6.92 Å². The lowest BCUT2D eigenvalue weighted by Gasteiger charge is -2.36. The number of hydrogen-bond acceptors (Lipinski definition) is 9. The summed E-state index contributed by atoms with van der Waals surface area (Å²) in [5.41, 5.74) is 0.670. The molecular weight excluding hydrogens is 572 g/mol. The van der Waals surface area contributed by atoms with Crippen molar-refractivity contribution in [2.45, 2.75) is 89.9 Å². The van der Waals surface area contributed by atoms with Crippen LogP contribution in [0, 0.1) is 25.7 Å². The van der Waals surface area contributed by atoms with E-state index in [1.54, 1.807) is 30.9 Å².